The van der Waals surface area contributed by atoms with Crippen LogP contribution in [0, 0.1) is 0 Å². The van der Waals surface area contributed by atoms with Crippen LogP contribution in [-0.4, -0.2) is 76.0 Å². The molecule has 28 heavy (non-hydrogen) atoms. The topological polar surface area (TPSA) is 66.3 Å². The second-order valence-electron chi connectivity index (χ2n) is 7.45. The number of amides is 1. The van der Waals surface area contributed by atoms with Crippen LogP contribution in [-0.2, 0) is 6.54 Å². The molecule has 1 amide bonds. The molecule has 0 aliphatic carbocycles. The molecule has 3 rings (SSSR count). The lowest BCUT2D eigenvalue weighted by Crippen LogP contribution is -2.47. The summed E-state index contributed by atoms with van der Waals surface area (Å²) < 4.78 is 1.75. The third-order valence-electron chi connectivity index (χ3n) is 4.77. The van der Waals surface area contributed by atoms with Crippen molar-refractivity contribution in [2.24, 2.45) is 0 Å². The van der Waals surface area contributed by atoms with Crippen LogP contribution in [0.1, 0.15) is 29.9 Å². The number of nitrogens with one attached hydrogen (secondary N) is 1. The van der Waals surface area contributed by atoms with E-state index in [0.29, 0.717) is 5.69 Å². The Balaban J connectivity index is 1.36. The maximum Gasteiger partial charge on any atom is 0.273 e. The van der Waals surface area contributed by atoms with E-state index in [4.69, 9.17) is 0 Å². The molecule has 0 spiro atoms. The highest BCUT2D eigenvalue weighted by molar-refractivity contribution is 5.91. The number of piperazine rings is 1. The van der Waals surface area contributed by atoms with Crippen molar-refractivity contribution in [2.45, 2.75) is 26.4 Å². The first-order valence-corrected chi connectivity index (χ1v) is 9.97. The molecule has 0 radical (unpaired) electrons. The number of benzene rings is 1. The average molecular weight is 383 g/mol. The zero-order chi connectivity index (χ0) is 19.8. The van der Waals surface area contributed by atoms with Gasteiger partial charge in [-0.3, -0.25) is 19.3 Å². The first-order valence-electron chi connectivity index (χ1n) is 9.97. The summed E-state index contributed by atoms with van der Waals surface area (Å²) in [5.74, 6) is -0.168. The first-order chi connectivity index (χ1) is 13.6. The Kier molecular flexibility index (Phi) is 7.33. The maximum absolute atomic E-state index is 11.9. The lowest BCUT2D eigenvalue weighted by molar-refractivity contribution is 0.0938. The molecule has 1 fully saturated rings. The number of carbonyl (C=O) groups is 1. The molecule has 1 aromatic heterocycles. The molecule has 7 nitrogen and oxygen atoms in total. The third-order valence-corrected chi connectivity index (χ3v) is 4.77. The fourth-order valence-electron chi connectivity index (χ4n) is 3.19. The standard InChI is InChI=1S/C21H30N6O/c1-18(2)22-21(28)20-17-27(24-23-20)16-15-26-13-11-25(12-14-26)10-6-9-19-7-4-3-5-8-19/h3-9,17-18H,10-16H2,1-2H3,(H,22,28). The van der Waals surface area contributed by atoms with Crippen molar-refractivity contribution in [3.63, 3.8) is 0 Å². The predicted octanol–water partition coefficient (Wildman–Crippen LogP) is 1.75. The highest BCUT2D eigenvalue weighted by atomic mass is 16.2. The number of hydrogen-bond donors (Lipinski definition) is 1. The average Bonchev–Trinajstić information content (AvgIpc) is 3.17. The largest absolute Gasteiger partial charge is 0.348 e. The Morgan fingerprint density at radius 2 is 1.82 bits per heavy atom. The Labute approximate surface area is 167 Å². The SMILES string of the molecule is CC(C)NC(=O)c1cn(CCN2CCN(CC=Cc3ccccc3)CC2)nn1. The molecule has 1 N–H and O–H groups in total. The number of hydrogen-bond acceptors (Lipinski definition) is 5. The van der Waals surface area contributed by atoms with E-state index in [9.17, 15) is 4.79 Å². The molecule has 150 valence electrons. The minimum absolute atomic E-state index is 0.0940. The second-order valence-corrected chi connectivity index (χ2v) is 7.45. The van der Waals surface area contributed by atoms with Crippen LogP contribution in [0.15, 0.2) is 42.6 Å². The zero-order valence-electron chi connectivity index (χ0n) is 16.8. The summed E-state index contributed by atoms with van der Waals surface area (Å²) in [4.78, 5) is 16.8. The van der Waals surface area contributed by atoms with Crippen molar-refractivity contribution >= 4 is 12.0 Å². The normalized spacial score (nSPS) is 16.1. The van der Waals surface area contributed by atoms with Gasteiger partial charge >= 0.3 is 0 Å². The molecule has 7 heteroatoms. The van der Waals surface area contributed by atoms with Crippen LogP contribution in [0.2, 0.25) is 0 Å². The van der Waals surface area contributed by atoms with Gasteiger partial charge in [0.15, 0.2) is 5.69 Å². The summed E-state index contributed by atoms with van der Waals surface area (Å²) in [6.07, 6.45) is 6.15. The van der Waals surface area contributed by atoms with Gasteiger partial charge in [-0.05, 0) is 19.4 Å². The Morgan fingerprint density at radius 1 is 1.11 bits per heavy atom. The third kappa shape index (κ3) is 6.28. The fraction of sp³-hybridized carbons (Fsp3) is 0.476. The van der Waals surface area contributed by atoms with Crippen LogP contribution >= 0.6 is 0 Å². The minimum Gasteiger partial charge on any atom is -0.348 e. The van der Waals surface area contributed by atoms with Crippen LogP contribution in [0.4, 0.5) is 0 Å². The van der Waals surface area contributed by atoms with Gasteiger partial charge in [-0.25, -0.2) is 0 Å². The van der Waals surface area contributed by atoms with Gasteiger partial charge in [0.05, 0.1) is 12.7 Å². The van der Waals surface area contributed by atoms with Gasteiger partial charge in [0.25, 0.3) is 5.91 Å². The highest BCUT2D eigenvalue weighted by Gasteiger charge is 2.16. The summed E-state index contributed by atoms with van der Waals surface area (Å²) in [7, 11) is 0. The van der Waals surface area contributed by atoms with Crippen LogP contribution in [0.3, 0.4) is 0 Å². The maximum atomic E-state index is 11.9. The van der Waals surface area contributed by atoms with E-state index in [0.717, 1.165) is 45.8 Å². The number of carbonyl (C=O) groups excluding carboxylic acids is 1. The quantitative estimate of drug-likeness (QED) is 0.753. The monoisotopic (exact) mass is 382 g/mol. The Morgan fingerprint density at radius 3 is 2.54 bits per heavy atom. The molecular weight excluding hydrogens is 352 g/mol. The summed E-state index contributed by atoms with van der Waals surface area (Å²) in [5.41, 5.74) is 1.62. The summed E-state index contributed by atoms with van der Waals surface area (Å²) in [6, 6.07) is 10.5. The van der Waals surface area contributed by atoms with Crippen molar-refractivity contribution < 1.29 is 4.79 Å². The molecule has 1 aliphatic rings. The first kappa shape index (κ1) is 20.2. The molecule has 1 aliphatic heterocycles. The number of rotatable bonds is 8. The molecule has 0 atom stereocenters. The zero-order valence-corrected chi connectivity index (χ0v) is 16.8. The van der Waals surface area contributed by atoms with Gasteiger partial charge in [-0.15, -0.1) is 5.10 Å². The van der Waals surface area contributed by atoms with Gasteiger partial charge in [-0.2, -0.15) is 0 Å². The van der Waals surface area contributed by atoms with Crippen LogP contribution < -0.4 is 5.32 Å². The second kappa shape index (κ2) is 10.1. The van der Waals surface area contributed by atoms with Crippen molar-refractivity contribution in [1.82, 2.24) is 30.1 Å². The molecule has 1 saturated heterocycles. The van der Waals surface area contributed by atoms with Gasteiger partial charge < -0.3 is 5.32 Å². The van der Waals surface area contributed by atoms with Gasteiger partial charge in [0, 0.05) is 45.3 Å². The van der Waals surface area contributed by atoms with E-state index < -0.39 is 0 Å². The van der Waals surface area contributed by atoms with E-state index in [1.165, 1.54) is 5.56 Å². The van der Waals surface area contributed by atoms with E-state index in [1.807, 2.05) is 19.9 Å². The Hall–Kier alpha value is -2.51. The molecule has 2 heterocycles. The van der Waals surface area contributed by atoms with Crippen molar-refractivity contribution in [3.05, 3.63) is 53.9 Å². The van der Waals surface area contributed by atoms with Crippen LogP contribution in [0.25, 0.3) is 6.08 Å². The van der Waals surface area contributed by atoms with Crippen LogP contribution in [0.5, 0.6) is 0 Å². The molecule has 2 aromatic rings. The van der Waals surface area contributed by atoms with E-state index in [-0.39, 0.29) is 11.9 Å². The minimum atomic E-state index is -0.168. The van der Waals surface area contributed by atoms with E-state index >= 15 is 0 Å². The fourth-order valence-corrected chi connectivity index (χ4v) is 3.19. The van der Waals surface area contributed by atoms with Gasteiger partial charge in [-0.1, -0.05) is 47.7 Å². The molecule has 0 saturated carbocycles. The lowest BCUT2D eigenvalue weighted by Gasteiger charge is -2.34. The molecule has 1 aromatic carbocycles. The smallest absolute Gasteiger partial charge is 0.273 e. The Bertz CT molecular complexity index is 762. The van der Waals surface area contributed by atoms with E-state index in [2.05, 4.69) is 61.8 Å². The van der Waals surface area contributed by atoms with Crippen molar-refractivity contribution in [3.8, 4) is 0 Å². The van der Waals surface area contributed by atoms with Crippen molar-refractivity contribution in [1.29, 1.82) is 0 Å². The number of nitrogens with zero attached hydrogens (tertiary/aromatic N) is 5. The summed E-state index contributed by atoms with van der Waals surface area (Å²) in [5, 5.41) is 10.9. The summed E-state index contributed by atoms with van der Waals surface area (Å²) in [6.45, 7) is 10.7. The number of aromatic nitrogens is 3. The molecule has 0 bridgehead atoms. The van der Waals surface area contributed by atoms with Crippen molar-refractivity contribution in [2.75, 3.05) is 39.3 Å². The van der Waals surface area contributed by atoms with E-state index in [1.54, 1.807) is 10.9 Å². The predicted molar refractivity (Wildman–Crippen MR) is 111 cm³/mol. The lowest BCUT2D eigenvalue weighted by atomic mass is 10.2. The highest BCUT2D eigenvalue weighted by Crippen LogP contribution is 2.05. The van der Waals surface area contributed by atoms with Gasteiger partial charge in [0.2, 0.25) is 0 Å². The molecular formula is C21H30N6O. The molecule has 0 unspecified atom stereocenters. The van der Waals surface area contributed by atoms with Gasteiger partial charge in [0.1, 0.15) is 0 Å². The summed E-state index contributed by atoms with van der Waals surface area (Å²) >= 11 is 0.